The van der Waals surface area contributed by atoms with Crippen molar-refractivity contribution in [3.63, 3.8) is 0 Å². The maximum Gasteiger partial charge on any atom is 0.0744 e. The Balaban J connectivity index is 1.88. The summed E-state index contributed by atoms with van der Waals surface area (Å²) >= 11 is 0. The van der Waals surface area contributed by atoms with Crippen LogP contribution in [0.2, 0.25) is 0 Å². The van der Waals surface area contributed by atoms with Crippen molar-refractivity contribution in [3.05, 3.63) is 73.2 Å². The molecule has 3 heteroatoms. The van der Waals surface area contributed by atoms with Gasteiger partial charge in [0.15, 0.2) is 0 Å². The lowest BCUT2D eigenvalue weighted by molar-refractivity contribution is 1.09. The number of nitrogens with zero attached hydrogens (tertiary/aromatic N) is 2. The monoisotopic (exact) mass is 271 g/mol. The van der Waals surface area contributed by atoms with E-state index >= 15 is 0 Å². The van der Waals surface area contributed by atoms with E-state index < -0.39 is 0 Å². The van der Waals surface area contributed by atoms with E-state index in [1.54, 1.807) is 6.20 Å². The van der Waals surface area contributed by atoms with Gasteiger partial charge in [0, 0.05) is 23.5 Å². The van der Waals surface area contributed by atoms with Crippen LogP contribution in [0.25, 0.3) is 33.2 Å². The van der Waals surface area contributed by atoms with Crippen LogP contribution in [0.3, 0.4) is 0 Å². The van der Waals surface area contributed by atoms with E-state index in [1.165, 1.54) is 10.8 Å². The number of nitrogens with one attached hydrogen (secondary N) is 1. The molecule has 2 heterocycles. The van der Waals surface area contributed by atoms with E-state index in [4.69, 9.17) is 0 Å². The van der Waals surface area contributed by atoms with E-state index in [1.807, 2.05) is 24.5 Å². The average molecular weight is 271 g/mol. The maximum absolute atomic E-state index is 4.20. The molecule has 0 saturated heterocycles. The first-order valence-corrected chi connectivity index (χ1v) is 6.85. The number of aromatic amines is 1. The minimum Gasteiger partial charge on any atom is -0.277 e. The Hall–Kier alpha value is -2.94. The molecular formula is C18H13N3. The van der Waals surface area contributed by atoms with Crippen LogP contribution in [0.5, 0.6) is 0 Å². The molecule has 0 fully saturated rings. The number of H-pyrrole nitrogens is 1. The summed E-state index contributed by atoms with van der Waals surface area (Å²) in [6.45, 7) is 0. The summed E-state index contributed by atoms with van der Waals surface area (Å²) in [5, 5.41) is 9.75. The molecule has 0 aliphatic rings. The summed E-state index contributed by atoms with van der Waals surface area (Å²) in [5.41, 5.74) is 4.28. The second kappa shape index (κ2) is 4.87. The summed E-state index contributed by atoms with van der Waals surface area (Å²) in [6, 6.07) is 18.8. The third-order valence-electron chi connectivity index (χ3n) is 3.65. The lowest BCUT2D eigenvalue weighted by atomic mass is 10.00. The fourth-order valence-corrected chi connectivity index (χ4v) is 2.59. The summed E-state index contributed by atoms with van der Waals surface area (Å²) in [6.07, 6.45) is 5.49. The predicted octanol–water partition coefficient (Wildman–Crippen LogP) is 4.29. The van der Waals surface area contributed by atoms with Crippen molar-refractivity contribution >= 4 is 10.8 Å². The molecule has 0 radical (unpaired) electrons. The van der Waals surface area contributed by atoms with Gasteiger partial charge in [-0.3, -0.25) is 10.1 Å². The molecule has 21 heavy (non-hydrogen) atoms. The molecule has 0 atom stereocenters. The fraction of sp³-hybridized carbons (Fsp3) is 0. The number of hydrogen-bond acceptors (Lipinski definition) is 2. The highest BCUT2D eigenvalue weighted by Crippen LogP contribution is 2.31. The number of hydrogen-bond donors (Lipinski definition) is 1. The Kier molecular flexibility index (Phi) is 2.75. The molecule has 0 amide bonds. The fourth-order valence-electron chi connectivity index (χ4n) is 2.59. The Morgan fingerprint density at radius 2 is 1.67 bits per heavy atom. The second-order valence-electron chi connectivity index (χ2n) is 4.96. The van der Waals surface area contributed by atoms with Gasteiger partial charge < -0.3 is 0 Å². The summed E-state index contributed by atoms with van der Waals surface area (Å²) < 4.78 is 0. The number of rotatable bonds is 2. The van der Waals surface area contributed by atoms with Crippen LogP contribution in [-0.4, -0.2) is 15.2 Å². The van der Waals surface area contributed by atoms with Crippen LogP contribution in [0.15, 0.2) is 73.2 Å². The second-order valence-corrected chi connectivity index (χ2v) is 4.96. The van der Waals surface area contributed by atoms with E-state index in [0.29, 0.717) is 0 Å². The Bertz CT molecular complexity index is 894. The van der Waals surface area contributed by atoms with Gasteiger partial charge in [-0.05, 0) is 34.5 Å². The maximum atomic E-state index is 4.20. The number of pyridine rings is 1. The highest BCUT2D eigenvalue weighted by molar-refractivity contribution is 5.90. The molecule has 0 saturated carbocycles. The first kappa shape index (κ1) is 11.9. The van der Waals surface area contributed by atoms with Gasteiger partial charge in [0.1, 0.15) is 0 Å². The molecule has 1 N–H and O–H groups in total. The normalized spacial score (nSPS) is 10.9. The largest absolute Gasteiger partial charge is 0.277 e. The highest BCUT2D eigenvalue weighted by atomic mass is 15.1. The molecule has 100 valence electrons. The zero-order chi connectivity index (χ0) is 14.1. The Morgan fingerprint density at radius 1 is 0.762 bits per heavy atom. The van der Waals surface area contributed by atoms with Gasteiger partial charge in [-0.15, -0.1) is 0 Å². The molecule has 0 bridgehead atoms. The van der Waals surface area contributed by atoms with Gasteiger partial charge in [-0.1, -0.05) is 36.4 Å². The average Bonchev–Trinajstić information content (AvgIpc) is 3.05. The molecule has 0 unspecified atom stereocenters. The zero-order valence-corrected chi connectivity index (χ0v) is 11.3. The van der Waals surface area contributed by atoms with Gasteiger partial charge in [0.05, 0.1) is 11.9 Å². The predicted molar refractivity (Wildman–Crippen MR) is 84.8 cm³/mol. The van der Waals surface area contributed by atoms with Crippen molar-refractivity contribution in [2.75, 3.05) is 0 Å². The van der Waals surface area contributed by atoms with Crippen LogP contribution < -0.4 is 0 Å². The van der Waals surface area contributed by atoms with Crippen molar-refractivity contribution in [3.8, 4) is 22.4 Å². The number of aromatic nitrogens is 3. The van der Waals surface area contributed by atoms with Gasteiger partial charge in [-0.25, -0.2) is 0 Å². The van der Waals surface area contributed by atoms with Gasteiger partial charge in [0.2, 0.25) is 0 Å². The van der Waals surface area contributed by atoms with Gasteiger partial charge in [0.25, 0.3) is 0 Å². The Labute approximate surface area is 122 Å². The molecule has 0 aliphatic heterocycles. The minimum atomic E-state index is 0.999. The van der Waals surface area contributed by atoms with Gasteiger partial charge >= 0.3 is 0 Å². The molecule has 4 aromatic rings. The van der Waals surface area contributed by atoms with Crippen LogP contribution in [0.4, 0.5) is 0 Å². The smallest absolute Gasteiger partial charge is 0.0744 e. The van der Waals surface area contributed by atoms with Crippen molar-refractivity contribution in [1.82, 2.24) is 15.2 Å². The lowest BCUT2D eigenvalue weighted by Crippen LogP contribution is -1.84. The summed E-state index contributed by atoms with van der Waals surface area (Å²) in [5.74, 6) is 0. The first-order chi connectivity index (χ1) is 10.4. The molecule has 3 nitrogen and oxygen atoms in total. The molecule has 2 aromatic carbocycles. The van der Waals surface area contributed by atoms with Crippen LogP contribution in [0.1, 0.15) is 0 Å². The highest BCUT2D eigenvalue weighted by Gasteiger charge is 2.10. The topological polar surface area (TPSA) is 41.6 Å². The van der Waals surface area contributed by atoms with E-state index in [-0.39, 0.29) is 0 Å². The van der Waals surface area contributed by atoms with E-state index in [0.717, 1.165) is 22.4 Å². The molecule has 0 spiro atoms. The minimum absolute atomic E-state index is 0.999. The van der Waals surface area contributed by atoms with Crippen molar-refractivity contribution in [1.29, 1.82) is 0 Å². The summed E-state index contributed by atoms with van der Waals surface area (Å²) in [4.78, 5) is 4.18. The first-order valence-electron chi connectivity index (χ1n) is 6.85. The lowest BCUT2D eigenvalue weighted by Gasteiger charge is -2.05. The summed E-state index contributed by atoms with van der Waals surface area (Å²) in [7, 11) is 0. The van der Waals surface area contributed by atoms with Gasteiger partial charge in [-0.2, -0.15) is 5.10 Å². The van der Waals surface area contributed by atoms with E-state index in [2.05, 4.69) is 57.6 Å². The van der Waals surface area contributed by atoms with Crippen LogP contribution >= 0.6 is 0 Å². The zero-order valence-electron chi connectivity index (χ0n) is 11.3. The SMILES string of the molecule is c1cncc(-c2[nH]ncc2-c2ccc3ccccc3c2)c1. The third-order valence-corrected chi connectivity index (χ3v) is 3.65. The van der Waals surface area contributed by atoms with Crippen molar-refractivity contribution < 1.29 is 0 Å². The molecule has 4 rings (SSSR count). The molecule has 0 aliphatic carbocycles. The van der Waals surface area contributed by atoms with Crippen molar-refractivity contribution in [2.45, 2.75) is 0 Å². The quantitative estimate of drug-likeness (QED) is 0.591. The van der Waals surface area contributed by atoms with Crippen molar-refractivity contribution in [2.24, 2.45) is 0 Å². The number of benzene rings is 2. The third kappa shape index (κ3) is 2.09. The van der Waals surface area contributed by atoms with Crippen LogP contribution in [-0.2, 0) is 0 Å². The molecular weight excluding hydrogens is 258 g/mol. The number of fused-ring (bicyclic) bond motifs is 1. The standard InChI is InChI=1S/C18H13N3/c1-2-5-14-10-15(8-7-13(14)4-1)17-12-20-21-18(17)16-6-3-9-19-11-16/h1-12H,(H,20,21). The Morgan fingerprint density at radius 3 is 2.52 bits per heavy atom. The molecule has 2 aromatic heterocycles. The van der Waals surface area contributed by atoms with Crippen LogP contribution in [0, 0.1) is 0 Å². The van der Waals surface area contributed by atoms with E-state index in [9.17, 15) is 0 Å².